The summed E-state index contributed by atoms with van der Waals surface area (Å²) in [5, 5.41) is 9.13. The van der Waals surface area contributed by atoms with Crippen LogP contribution in [0.25, 0.3) is 6.08 Å². The quantitative estimate of drug-likeness (QED) is 0.930. The second kappa shape index (κ2) is 5.36. The number of alkyl halides is 3. The summed E-state index contributed by atoms with van der Waals surface area (Å²) in [6.45, 7) is 1.73. The first-order valence-electron chi connectivity index (χ1n) is 5.65. The minimum Gasteiger partial charge on any atom is -0.480 e. The van der Waals surface area contributed by atoms with Crippen molar-refractivity contribution in [2.75, 3.05) is 0 Å². The van der Waals surface area contributed by atoms with Crippen LogP contribution in [0.3, 0.4) is 0 Å². The molecular weight excluding hydrogens is 297 g/mol. The molecule has 1 heterocycles. The van der Waals surface area contributed by atoms with Gasteiger partial charge in [0.05, 0.1) is 10.6 Å². The van der Waals surface area contributed by atoms with Gasteiger partial charge in [-0.25, -0.2) is 18.0 Å². The predicted octanol–water partition coefficient (Wildman–Crippen LogP) is 3.48. The van der Waals surface area contributed by atoms with Crippen LogP contribution >= 0.6 is 11.6 Å². The molecule has 0 bridgehead atoms. The van der Waals surface area contributed by atoms with Crippen LogP contribution in [0.5, 0.6) is 5.75 Å². The molecule has 1 N–H and O–H groups in total. The van der Waals surface area contributed by atoms with E-state index in [-0.39, 0.29) is 10.8 Å². The zero-order valence-corrected chi connectivity index (χ0v) is 11.0. The molecule has 2 unspecified atom stereocenters. The monoisotopic (exact) mass is 306 g/mol. The van der Waals surface area contributed by atoms with E-state index >= 15 is 0 Å². The van der Waals surface area contributed by atoms with Crippen molar-refractivity contribution in [3.05, 3.63) is 33.9 Å². The average Bonchev–Trinajstić information content (AvgIpc) is 2.36. The van der Waals surface area contributed by atoms with E-state index in [9.17, 15) is 18.0 Å². The molecule has 0 saturated heterocycles. The second-order valence-corrected chi connectivity index (χ2v) is 4.79. The van der Waals surface area contributed by atoms with E-state index in [4.69, 9.17) is 21.4 Å². The predicted molar refractivity (Wildman–Crippen MR) is 67.1 cm³/mol. The molecule has 0 fully saturated rings. The van der Waals surface area contributed by atoms with Gasteiger partial charge in [-0.2, -0.15) is 0 Å². The molecule has 2 atom stereocenters. The summed E-state index contributed by atoms with van der Waals surface area (Å²) in [6, 6.07) is 3.10. The van der Waals surface area contributed by atoms with Crippen LogP contribution in [-0.4, -0.2) is 29.8 Å². The van der Waals surface area contributed by atoms with Gasteiger partial charge in [-0.3, -0.25) is 0 Å². The summed E-state index contributed by atoms with van der Waals surface area (Å²) in [4.78, 5) is 11.1. The molecule has 108 valence electrons. The number of hydrogen-bond acceptors (Lipinski definition) is 2. The van der Waals surface area contributed by atoms with Crippen LogP contribution in [0.2, 0.25) is 5.02 Å². The van der Waals surface area contributed by atoms with E-state index < -0.39 is 30.2 Å². The van der Waals surface area contributed by atoms with E-state index in [0.29, 0.717) is 5.56 Å². The van der Waals surface area contributed by atoms with Crippen molar-refractivity contribution in [3.8, 4) is 5.75 Å². The highest BCUT2D eigenvalue weighted by Crippen LogP contribution is 2.38. The first-order chi connectivity index (χ1) is 9.31. The molecule has 1 aliphatic heterocycles. The Morgan fingerprint density at radius 2 is 2.05 bits per heavy atom. The lowest BCUT2D eigenvalue weighted by Crippen LogP contribution is -2.39. The molecular formula is C13H10ClF3O3. The van der Waals surface area contributed by atoms with Gasteiger partial charge in [-0.15, -0.1) is 0 Å². The number of carboxylic acid groups (broad SMARTS) is 1. The van der Waals surface area contributed by atoms with Gasteiger partial charge in [0.1, 0.15) is 5.75 Å². The summed E-state index contributed by atoms with van der Waals surface area (Å²) >= 11 is 5.91. The average molecular weight is 307 g/mol. The summed E-state index contributed by atoms with van der Waals surface area (Å²) in [5.41, 5.74) is 0.500. The fraction of sp³-hybridized carbons (Fsp3) is 0.308. The van der Waals surface area contributed by atoms with Gasteiger partial charge in [-0.05, 0) is 30.7 Å². The first kappa shape index (κ1) is 14.7. The molecule has 0 amide bonds. The number of carboxylic acids is 1. The fourth-order valence-electron chi connectivity index (χ4n) is 1.98. The van der Waals surface area contributed by atoms with Gasteiger partial charge in [0.2, 0.25) is 6.17 Å². The van der Waals surface area contributed by atoms with Crippen molar-refractivity contribution in [1.82, 2.24) is 0 Å². The normalized spacial score (nSPS) is 19.1. The molecule has 0 saturated carbocycles. The van der Waals surface area contributed by atoms with Crippen LogP contribution in [0.4, 0.5) is 13.2 Å². The Labute approximate surface area is 117 Å². The van der Waals surface area contributed by atoms with Crippen LogP contribution in [0, 0.1) is 6.92 Å². The number of carbonyl (C=O) groups is 1. The Morgan fingerprint density at radius 3 is 2.60 bits per heavy atom. The van der Waals surface area contributed by atoms with E-state index in [1.54, 1.807) is 13.0 Å². The number of ether oxygens (including phenoxy) is 1. The Hall–Kier alpha value is -1.69. The fourth-order valence-corrected chi connectivity index (χ4v) is 2.31. The van der Waals surface area contributed by atoms with Crippen molar-refractivity contribution in [3.63, 3.8) is 0 Å². The van der Waals surface area contributed by atoms with E-state index in [0.717, 1.165) is 11.6 Å². The minimum absolute atomic E-state index is 0.00978. The Kier molecular flexibility index (Phi) is 3.94. The maximum absolute atomic E-state index is 13.5. The van der Waals surface area contributed by atoms with Crippen LogP contribution in [-0.2, 0) is 4.79 Å². The van der Waals surface area contributed by atoms with Gasteiger partial charge >= 0.3 is 5.97 Å². The highest BCUT2D eigenvalue weighted by Gasteiger charge is 2.40. The summed E-state index contributed by atoms with van der Waals surface area (Å²) in [6.07, 6.45) is -6.88. The lowest BCUT2D eigenvalue weighted by atomic mass is 9.97. The lowest BCUT2D eigenvalue weighted by molar-refractivity contribution is -0.134. The Bertz CT molecular complexity index is 586. The number of aliphatic carboxylic acids is 1. The van der Waals surface area contributed by atoms with Crippen molar-refractivity contribution < 1.29 is 27.8 Å². The maximum Gasteiger partial charge on any atom is 0.335 e. The second-order valence-electron chi connectivity index (χ2n) is 4.39. The smallest absolute Gasteiger partial charge is 0.335 e. The molecule has 1 aromatic carbocycles. The van der Waals surface area contributed by atoms with Crippen molar-refractivity contribution >= 4 is 23.6 Å². The molecule has 3 nitrogen and oxygen atoms in total. The highest BCUT2D eigenvalue weighted by molar-refractivity contribution is 6.32. The number of aryl methyl sites for hydroxylation is 1. The topological polar surface area (TPSA) is 46.5 Å². The van der Waals surface area contributed by atoms with Gasteiger partial charge in [0.15, 0.2) is 6.10 Å². The number of hydrogen-bond donors (Lipinski definition) is 1. The molecule has 0 aromatic heterocycles. The SMILES string of the molecule is Cc1cc(Cl)c2c(c1)C=C(C(=O)O)C(C(F)C(F)F)O2. The van der Waals surface area contributed by atoms with Gasteiger partial charge in [0.25, 0.3) is 6.43 Å². The summed E-state index contributed by atoms with van der Waals surface area (Å²) in [5.74, 6) is -1.50. The minimum atomic E-state index is -3.35. The number of halogens is 4. The number of fused-ring (bicyclic) bond motifs is 1. The molecule has 1 aromatic rings. The molecule has 7 heteroatoms. The van der Waals surface area contributed by atoms with Crippen molar-refractivity contribution in [1.29, 1.82) is 0 Å². The van der Waals surface area contributed by atoms with Gasteiger partial charge < -0.3 is 9.84 Å². The number of benzene rings is 1. The molecule has 0 spiro atoms. The van der Waals surface area contributed by atoms with Crippen LogP contribution < -0.4 is 4.74 Å². The molecule has 2 rings (SSSR count). The molecule has 1 aliphatic rings. The lowest BCUT2D eigenvalue weighted by Gasteiger charge is -2.28. The zero-order valence-electron chi connectivity index (χ0n) is 10.2. The van der Waals surface area contributed by atoms with Crippen LogP contribution in [0.15, 0.2) is 17.7 Å². The van der Waals surface area contributed by atoms with Crippen LogP contribution in [0.1, 0.15) is 11.1 Å². The Balaban J connectivity index is 2.53. The van der Waals surface area contributed by atoms with Gasteiger partial charge in [0, 0.05) is 5.56 Å². The third-order valence-electron chi connectivity index (χ3n) is 2.86. The Morgan fingerprint density at radius 1 is 1.40 bits per heavy atom. The molecule has 0 aliphatic carbocycles. The zero-order chi connectivity index (χ0) is 15.0. The van der Waals surface area contributed by atoms with Gasteiger partial charge in [-0.1, -0.05) is 11.6 Å². The molecule has 0 radical (unpaired) electrons. The maximum atomic E-state index is 13.5. The highest BCUT2D eigenvalue weighted by atomic mass is 35.5. The van der Waals surface area contributed by atoms with Crippen molar-refractivity contribution in [2.24, 2.45) is 0 Å². The van der Waals surface area contributed by atoms with Crippen molar-refractivity contribution in [2.45, 2.75) is 25.6 Å². The van der Waals surface area contributed by atoms with E-state index in [1.165, 1.54) is 6.07 Å². The largest absolute Gasteiger partial charge is 0.480 e. The van der Waals surface area contributed by atoms with E-state index in [2.05, 4.69) is 0 Å². The molecule has 20 heavy (non-hydrogen) atoms. The number of rotatable bonds is 3. The third kappa shape index (κ3) is 2.60. The third-order valence-corrected chi connectivity index (χ3v) is 3.14. The van der Waals surface area contributed by atoms with E-state index in [1.807, 2.05) is 0 Å². The summed E-state index contributed by atoms with van der Waals surface area (Å²) in [7, 11) is 0. The first-order valence-corrected chi connectivity index (χ1v) is 6.03. The standard InChI is InChI=1S/C13H10ClF3O3/c1-5-2-6-4-7(13(18)19)11(9(15)12(16)17)20-10(6)8(14)3-5/h2-4,9,11-12H,1H3,(H,18,19). The summed E-state index contributed by atoms with van der Waals surface area (Å²) < 4.78 is 43.5.